The van der Waals surface area contributed by atoms with E-state index in [0.29, 0.717) is 16.6 Å². The van der Waals surface area contributed by atoms with Gasteiger partial charge in [0.2, 0.25) is 5.69 Å². The number of aromatic hydroxyl groups is 1. The number of azo groups is 1. The number of pyridine rings is 1. The molecule has 4 rings (SSSR count). The zero-order valence-corrected chi connectivity index (χ0v) is 13.7. The van der Waals surface area contributed by atoms with Crippen molar-refractivity contribution in [1.82, 2.24) is 4.57 Å². The van der Waals surface area contributed by atoms with Gasteiger partial charge in [0.05, 0.1) is 11.2 Å². The Morgan fingerprint density at radius 2 is 1.65 bits per heavy atom. The summed E-state index contributed by atoms with van der Waals surface area (Å²) in [5.74, 6) is -0.540. The third-order valence-electron chi connectivity index (χ3n) is 4.13. The number of rotatable bonds is 2. The fourth-order valence-corrected chi connectivity index (χ4v) is 2.83. The van der Waals surface area contributed by atoms with E-state index in [4.69, 9.17) is 4.42 Å². The van der Waals surface area contributed by atoms with Gasteiger partial charge in [-0.15, -0.1) is 5.11 Å². The van der Waals surface area contributed by atoms with Gasteiger partial charge in [0.15, 0.2) is 11.3 Å². The van der Waals surface area contributed by atoms with Crippen LogP contribution in [0.2, 0.25) is 0 Å². The second-order valence-corrected chi connectivity index (χ2v) is 5.71. The zero-order valence-electron chi connectivity index (χ0n) is 13.7. The molecule has 0 radical (unpaired) electrons. The lowest BCUT2D eigenvalue weighted by Gasteiger charge is -2.09. The summed E-state index contributed by atoms with van der Waals surface area (Å²) in [6.45, 7) is 0. The standard InChI is InChI=1S/C19H13N3O4/c1-22-13-10-6-5-9-12(13)17-14(18(22)24)16(23)15(19(25)26-17)21-20-11-7-3-2-4-8-11/h2-10,23H,1H3. The molecule has 0 amide bonds. The van der Waals surface area contributed by atoms with Crippen molar-refractivity contribution in [3.8, 4) is 5.75 Å². The topological polar surface area (TPSA) is 97.2 Å². The minimum absolute atomic E-state index is 0.0323. The van der Waals surface area contributed by atoms with E-state index in [1.807, 2.05) is 6.07 Å². The molecular weight excluding hydrogens is 334 g/mol. The van der Waals surface area contributed by atoms with E-state index in [1.165, 1.54) is 4.57 Å². The number of para-hydroxylation sites is 1. The minimum atomic E-state index is -0.868. The Kier molecular flexibility index (Phi) is 3.62. The average molecular weight is 347 g/mol. The van der Waals surface area contributed by atoms with Crippen LogP contribution >= 0.6 is 0 Å². The van der Waals surface area contributed by atoms with Gasteiger partial charge < -0.3 is 14.1 Å². The van der Waals surface area contributed by atoms with Crippen molar-refractivity contribution in [1.29, 1.82) is 0 Å². The number of fused-ring (bicyclic) bond motifs is 3. The third kappa shape index (κ3) is 2.37. The van der Waals surface area contributed by atoms with Gasteiger partial charge in [-0.1, -0.05) is 30.3 Å². The first kappa shape index (κ1) is 15.8. The molecule has 0 aliphatic heterocycles. The highest BCUT2D eigenvalue weighted by atomic mass is 16.4. The highest BCUT2D eigenvalue weighted by molar-refractivity contribution is 6.04. The number of aromatic nitrogens is 1. The molecular formula is C19H13N3O4. The first-order valence-corrected chi connectivity index (χ1v) is 7.82. The van der Waals surface area contributed by atoms with Crippen molar-refractivity contribution in [2.24, 2.45) is 17.3 Å². The van der Waals surface area contributed by atoms with Gasteiger partial charge >= 0.3 is 5.63 Å². The van der Waals surface area contributed by atoms with Gasteiger partial charge in [0.1, 0.15) is 5.39 Å². The molecule has 0 aliphatic rings. The summed E-state index contributed by atoms with van der Waals surface area (Å²) >= 11 is 0. The lowest BCUT2D eigenvalue weighted by Crippen LogP contribution is -2.18. The second-order valence-electron chi connectivity index (χ2n) is 5.71. The minimum Gasteiger partial charge on any atom is -0.505 e. The summed E-state index contributed by atoms with van der Waals surface area (Å²) in [7, 11) is 1.58. The van der Waals surface area contributed by atoms with Gasteiger partial charge in [0.25, 0.3) is 5.56 Å². The molecule has 7 nitrogen and oxygen atoms in total. The highest BCUT2D eigenvalue weighted by Crippen LogP contribution is 2.33. The molecule has 128 valence electrons. The Bertz CT molecular complexity index is 1290. The van der Waals surface area contributed by atoms with Crippen molar-refractivity contribution >= 4 is 33.2 Å². The lowest BCUT2D eigenvalue weighted by molar-refractivity contribution is 0.469. The van der Waals surface area contributed by atoms with Crippen LogP contribution in [-0.2, 0) is 7.05 Å². The molecule has 0 bridgehead atoms. The molecule has 2 aromatic heterocycles. The van der Waals surface area contributed by atoms with Crippen LogP contribution in [0.3, 0.4) is 0 Å². The lowest BCUT2D eigenvalue weighted by atomic mass is 10.1. The van der Waals surface area contributed by atoms with Crippen molar-refractivity contribution in [3.63, 3.8) is 0 Å². The van der Waals surface area contributed by atoms with Gasteiger partial charge in [-0.2, -0.15) is 5.11 Å². The summed E-state index contributed by atoms with van der Waals surface area (Å²) in [6, 6.07) is 15.7. The van der Waals surface area contributed by atoms with E-state index < -0.39 is 22.6 Å². The maximum absolute atomic E-state index is 12.7. The molecule has 0 unspecified atom stereocenters. The summed E-state index contributed by atoms with van der Waals surface area (Å²) in [5.41, 5.74) is -0.646. The molecule has 0 fully saturated rings. The predicted molar refractivity (Wildman–Crippen MR) is 97.5 cm³/mol. The first-order valence-electron chi connectivity index (χ1n) is 7.82. The quantitative estimate of drug-likeness (QED) is 0.441. The molecule has 0 saturated heterocycles. The molecule has 1 N–H and O–H groups in total. The molecule has 26 heavy (non-hydrogen) atoms. The van der Waals surface area contributed by atoms with E-state index in [-0.39, 0.29) is 11.0 Å². The second kappa shape index (κ2) is 5.96. The molecule has 2 aromatic carbocycles. The van der Waals surface area contributed by atoms with Crippen molar-refractivity contribution in [2.45, 2.75) is 0 Å². The third-order valence-corrected chi connectivity index (χ3v) is 4.13. The molecule has 4 aromatic rings. The van der Waals surface area contributed by atoms with Crippen molar-refractivity contribution in [2.75, 3.05) is 0 Å². The normalized spacial score (nSPS) is 11.6. The summed E-state index contributed by atoms with van der Waals surface area (Å²) in [6.07, 6.45) is 0. The number of nitrogens with zero attached hydrogens (tertiary/aromatic N) is 3. The zero-order chi connectivity index (χ0) is 18.3. The van der Waals surface area contributed by atoms with Gasteiger partial charge in [-0.05, 0) is 24.3 Å². The molecule has 7 heteroatoms. The van der Waals surface area contributed by atoms with Crippen LogP contribution in [0.4, 0.5) is 11.4 Å². The Hall–Kier alpha value is -3.74. The fraction of sp³-hybridized carbons (Fsp3) is 0.0526. The van der Waals surface area contributed by atoms with Crippen molar-refractivity contribution < 1.29 is 9.52 Å². The van der Waals surface area contributed by atoms with E-state index in [1.54, 1.807) is 55.6 Å². The monoisotopic (exact) mass is 347 g/mol. The van der Waals surface area contributed by atoms with Crippen LogP contribution in [0, 0.1) is 0 Å². The van der Waals surface area contributed by atoms with Crippen LogP contribution in [0.1, 0.15) is 0 Å². The summed E-state index contributed by atoms with van der Waals surface area (Å²) in [4.78, 5) is 25.0. The van der Waals surface area contributed by atoms with E-state index >= 15 is 0 Å². The first-order chi connectivity index (χ1) is 12.6. The molecule has 0 spiro atoms. The number of aryl methyl sites for hydroxylation is 1. The fourth-order valence-electron chi connectivity index (χ4n) is 2.83. The van der Waals surface area contributed by atoms with Crippen LogP contribution in [0.15, 0.2) is 78.8 Å². The number of hydrogen-bond donors (Lipinski definition) is 1. The van der Waals surface area contributed by atoms with Crippen molar-refractivity contribution in [3.05, 3.63) is 75.4 Å². The molecule has 2 heterocycles. The molecule has 0 atom stereocenters. The Morgan fingerprint density at radius 1 is 0.962 bits per heavy atom. The smallest absolute Gasteiger partial charge is 0.368 e. The number of benzene rings is 2. The summed E-state index contributed by atoms with van der Waals surface area (Å²) < 4.78 is 6.71. The van der Waals surface area contributed by atoms with Gasteiger partial charge in [-0.25, -0.2) is 4.79 Å². The maximum Gasteiger partial charge on any atom is 0.368 e. The van der Waals surface area contributed by atoms with Gasteiger partial charge in [-0.3, -0.25) is 4.79 Å². The highest BCUT2D eigenvalue weighted by Gasteiger charge is 2.20. The summed E-state index contributed by atoms with van der Waals surface area (Å²) in [5, 5.41) is 18.7. The molecule has 0 saturated carbocycles. The Labute approximate surface area is 146 Å². The van der Waals surface area contributed by atoms with E-state index in [0.717, 1.165) is 0 Å². The maximum atomic E-state index is 12.7. The molecule has 0 aliphatic carbocycles. The van der Waals surface area contributed by atoms with Crippen LogP contribution in [0.25, 0.3) is 21.9 Å². The number of hydrogen-bond acceptors (Lipinski definition) is 6. The van der Waals surface area contributed by atoms with Crippen LogP contribution in [-0.4, -0.2) is 9.67 Å². The SMILES string of the molecule is Cn1c(=O)c2c(O)c(N=Nc3ccccc3)c(=O)oc2c2ccccc21. The van der Waals surface area contributed by atoms with Gasteiger partial charge in [0, 0.05) is 12.4 Å². The van der Waals surface area contributed by atoms with E-state index in [2.05, 4.69) is 10.2 Å². The largest absolute Gasteiger partial charge is 0.505 e. The Morgan fingerprint density at radius 3 is 2.42 bits per heavy atom. The van der Waals surface area contributed by atoms with Crippen LogP contribution < -0.4 is 11.2 Å². The van der Waals surface area contributed by atoms with Crippen LogP contribution in [0.5, 0.6) is 5.75 Å². The average Bonchev–Trinajstić information content (AvgIpc) is 2.66. The van der Waals surface area contributed by atoms with E-state index in [9.17, 15) is 14.7 Å². The predicted octanol–water partition coefficient (Wildman–Crippen LogP) is 3.77. The Balaban J connectivity index is 2.05.